The molecule has 0 fully saturated rings. The quantitative estimate of drug-likeness (QED) is 0.686. The summed E-state index contributed by atoms with van der Waals surface area (Å²) in [5.74, 6) is -1.14. The fourth-order valence-electron chi connectivity index (χ4n) is 1.52. The molecule has 0 saturated carbocycles. The maximum absolute atomic E-state index is 13.5. The number of halogens is 3. The lowest BCUT2D eigenvalue weighted by Crippen LogP contribution is -2.06. The topological polar surface area (TPSA) is 52.3 Å². The number of rotatable bonds is 3. The molecule has 0 aliphatic carbocycles. The molecule has 104 valence electrons. The molecule has 0 aliphatic rings. The minimum Gasteiger partial charge on any atom is -0.457 e. The van der Waals surface area contributed by atoms with Crippen LogP contribution in [-0.2, 0) is 11.3 Å². The lowest BCUT2D eigenvalue weighted by Gasteiger charge is -2.07. The van der Waals surface area contributed by atoms with Gasteiger partial charge in [-0.15, -0.1) is 0 Å². The molecule has 6 heteroatoms. The Bertz CT molecular complexity index is 662. The van der Waals surface area contributed by atoms with Gasteiger partial charge < -0.3 is 10.5 Å². The maximum atomic E-state index is 13.5. The van der Waals surface area contributed by atoms with Gasteiger partial charge in [0.15, 0.2) is 0 Å². The minimum absolute atomic E-state index is 0.191. The first-order chi connectivity index (χ1) is 9.47. The summed E-state index contributed by atoms with van der Waals surface area (Å²) < 4.78 is 18.5. The number of nitrogen functional groups attached to an aromatic ring is 1. The van der Waals surface area contributed by atoms with Crippen molar-refractivity contribution >= 4 is 34.9 Å². The lowest BCUT2D eigenvalue weighted by molar-refractivity contribution is 0.0469. The smallest absolute Gasteiger partial charge is 0.338 e. The Morgan fingerprint density at radius 2 is 1.95 bits per heavy atom. The van der Waals surface area contributed by atoms with Crippen LogP contribution in [0.15, 0.2) is 36.4 Å². The van der Waals surface area contributed by atoms with Crippen LogP contribution in [0, 0.1) is 5.82 Å². The van der Waals surface area contributed by atoms with Crippen molar-refractivity contribution in [2.45, 2.75) is 6.61 Å². The van der Waals surface area contributed by atoms with Crippen LogP contribution in [0.2, 0.25) is 10.0 Å². The van der Waals surface area contributed by atoms with Crippen LogP contribution in [0.1, 0.15) is 15.9 Å². The number of hydrogen-bond acceptors (Lipinski definition) is 3. The van der Waals surface area contributed by atoms with Crippen LogP contribution in [-0.4, -0.2) is 5.97 Å². The standard InChI is InChI=1S/C14H10Cl2FNO2/c15-10-3-1-9(12(17)6-10)7-20-14(19)8-2-4-13(18)11(16)5-8/h1-6H,7,18H2. The van der Waals surface area contributed by atoms with E-state index >= 15 is 0 Å². The van der Waals surface area contributed by atoms with Crippen molar-refractivity contribution in [3.63, 3.8) is 0 Å². The highest BCUT2D eigenvalue weighted by molar-refractivity contribution is 6.33. The van der Waals surface area contributed by atoms with Crippen molar-refractivity contribution in [1.29, 1.82) is 0 Å². The van der Waals surface area contributed by atoms with Gasteiger partial charge in [-0.1, -0.05) is 29.3 Å². The highest BCUT2D eigenvalue weighted by atomic mass is 35.5. The second-order valence-electron chi connectivity index (χ2n) is 4.05. The molecule has 0 bridgehead atoms. The summed E-state index contributed by atoms with van der Waals surface area (Å²) in [7, 11) is 0. The summed E-state index contributed by atoms with van der Waals surface area (Å²) in [6, 6.07) is 8.53. The van der Waals surface area contributed by atoms with Crippen molar-refractivity contribution in [2.75, 3.05) is 5.73 Å². The van der Waals surface area contributed by atoms with Crippen LogP contribution in [0.4, 0.5) is 10.1 Å². The summed E-state index contributed by atoms with van der Waals surface area (Å²) in [5, 5.41) is 0.542. The van der Waals surface area contributed by atoms with Crippen molar-refractivity contribution in [1.82, 2.24) is 0 Å². The first kappa shape index (κ1) is 14.6. The highest BCUT2D eigenvalue weighted by Crippen LogP contribution is 2.21. The number of carbonyl (C=O) groups is 1. The molecule has 2 N–H and O–H groups in total. The molecule has 20 heavy (non-hydrogen) atoms. The van der Waals surface area contributed by atoms with Gasteiger partial charge in [-0.05, 0) is 30.3 Å². The fraction of sp³-hybridized carbons (Fsp3) is 0.0714. The predicted octanol–water partition coefficient (Wildman–Crippen LogP) is 4.07. The van der Waals surface area contributed by atoms with E-state index in [2.05, 4.69) is 0 Å². The average molecular weight is 314 g/mol. The Balaban J connectivity index is 2.06. The van der Waals surface area contributed by atoms with Gasteiger partial charge in [0.25, 0.3) is 0 Å². The number of carbonyl (C=O) groups excluding carboxylic acids is 1. The van der Waals surface area contributed by atoms with E-state index in [-0.39, 0.29) is 27.8 Å². The summed E-state index contributed by atoms with van der Waals surface area (Å²) >= 11 is 11.4. The van der Waals surface area contributed by atoms with Gasteiger partial charge in [0, 0.05) is 10.6 Å². The maximum Gasteiger partial charge on any atom is 0.338 e. The number of nitrogens with two attached hydrogens (primary N) is 1. The molecule has 0 amide bonds. The molecule has 0 saturated heterocycles. The summed E-state index contributed by atoms with van der Waals surface area (Å²) in [6.07, 6.45) is 0. The molecule has 0 aliphatic heterocycles. The second kappa shape index (κ2) is 6.11. The number of esters is 1. The SMILES string of the molecule is Nc1ccc(C(=O)OCc2ccc(Cl)cc2F)cc1Cl. The van der Waals surface area contributed by atoms with Crippen LogP contribution < -0.4 is 5.73 Å². The zero-order valence-electron chi connectivity index (χ0n) is 10.2. The average Bonchev–Trinajstić information content (AvgIpc) is 2.40. The Hall–Kier alpha value is -1.78. The van der Waals surface area contributed by atoms with Crippen molar-refractivity contribution in [2.24, 2.45) is 0 Å². The van der Waals surface area contributed by atoms with E-state index in [4.69, 9.17) is 33.7 Å². The highest BCUT2D eigenvalue weighted by Gasteiger charge is 2.11. The number of benzene rings is 2. The van der Waals surface area contributed by atoms with E-state index in [1.165, 1.54) is 30.3 Å². The molecule has 0 unspecified atom stereocenters. The third-order valence-corrected chi connectivity index (χ3v) is 3.17. The summed E-state index contributed by atoms with van der Waals surface area (Å²) in [4.78, 5) is 11.8. The van der Waals surface area contributed by atoms with Crippen molar-refractivity contribution in [3.8, 4) is 0 Å². The molecular weight excluding hydrogens is 304 g/mol. The molecular formula is C14H10Cl2FNO2. The van der Waals surface area contributed by atoms with Gasteiger partial charge in [0.05, 0.1) is 16.3 Å². The van der Waals surface area contributed by atoms with Crippen LogP contribution in [0.25, 0.3) is 0 Å². The molecule has 0 atom stereocenters. The lowest BCUT2D eigenvalue weighted by atomic mass is 10.2. The van der Waals surface area contributed by atoms with Crippen LogP contribution in [0.5, 0.6) is 0 Å². The largest absolute Gasteiger partial charge is 0.457 e. The van der Waals surface area contributed by atoms with Crippen LogP contribution >= 0.6 is 23.2 Å². The van der Waals surface area contributed by atoms with E-state index < -0.39 is 11.8 Å². The number of anilines is 1. The van der Waals surface area contributed by atoms with E-state index in [9.17, 15) is 9.18 Å². The van der Waals surface area contributed by atoms with Gasteiger partial charge >= 0.3 is 5.97 Å². The van der Waals surface area contributed by atoms with E-state index in [0.717, 1.165) is 6.07 Å². The third kappa shape index (κ3) is 3.40. The summed E-state index contributed by atoms with van der Waals surface area (Å²) in [6.45, 7) is -0.191. The molecule has 2 rings (SSSR count). The Labute approximate surface area is 125 Å². The first-order valence-corrected chi connectivity index (χ1v) is 6.39. The monoisotopic (exact) mass is 313 g/mol. The number of hydrogen-bond donors (Lipinski definition) is 1. The van der Waals surface area contributed by atoms with Crippen LogP contribution in [0.3, 0.4) is 0 Å². The zero-order chi connectivity index (χ0) is 14.7. The predicted molar refractivity (Wildman–Crippen MR) is 76.4 cm³/mol. The Morgan fingerprint density at radius 3 is 2.60 bits per heavy atom. The molecule has 2 aromatic carbocycles. The van der Waals surface area contributed by atoms with Gasteiger partial charge in [-0.2, -0.15) is 0 Å². The number of ether oxygens (including phenoxy) is 1. The van der Waals surface area contributed by atoms with Gasteiger partial charge in [0.1, 0.15) is 12.4 Å². The Morgan fingerprint density at radius 1 is 1.20 bits per heavy atom. The first-order valence-electron chi connectivity index (χ1n) is 5.63. The third-order valence-electron chi connectivity index (χ3n) is 2.61. The molecule has 0 spiro atoms. The van der Waals surface area contributed by atoms with Gasteiger partial charge in [0.2, 0.25) is 0 Å². The fourth-order valence-corrected chi connectivity index (χ4v) is 1.86. The van der Waals surface area contributed by atoms with E-state index in [0.29, 0.717) is 5.69 Å². The van der Waals surface area contributed by atoms with Gasteiger partial charge in [-0.25, -0.2) is 9.18 Å². The minimum atomic E-state index is -0.610. The van der Waals surface area contributed by atoms with E-state index in [1.807, 2.05) is 0 Å². The van der Waals surface area contributed by atoms with E-state index in [1.54, 1.807) is 0 Å². The molecule has 0 aromatic heterocycles. The molecule has 0 radical (unpaired) electrons. The van der Waals surface area contributed by atoms with Crippen molar-refractivity contribution < 1.29 is 13.9 Å². The second-order valence-corrected chi connectivity index (χ2v) is 4.89. The van der Waals surface area contributed by atoms with Gasteiger partial charge in [-0.3, -0.25) is 0 Å². The Kier molecular flexibility index (Phi) is 4.47. The molecule has 0 heterocycles. The zero-order valence-corrected chi connectivity index (χ0v) is 11.7. The molecule has 3 nitrogen and oxygen atoms in total. The molecule has 2 aromatic rings. The normalized spacial score (nSPS) is 10.3. The summed E-state index contributed by atoms with van der Waals surface area (Å²) in [5.41, 5.74) is 6.40. The van der Waals surface area contributed by atoms with Crippen molar-refractivity contribution in [3.05, 3.63) is 63.4 Å².